The molecule has 5 N–H and O–H groups in total. The van der Waals surface area contributed by atoms with Crippen LogP contribution in [0.2, 0.25) is 0 Å². The van der Waals surface area contributed by atoms with E-state index in [1.54, 1.807) is 24.3 Å². The number of rotatable bonds is 6. The van der Waals surface area contributed by atoms with E-state index in [4.69, 9.17) is 11.6 Å². The van der Waals surface area contributed by atoms with Gasteiger partial charge in [-0.2, -0.15) is 5.10 Å². The van der Waals surface area contributed by atoms with Crippen molar-refractivity contribution in [1.82, 2.24) is 5.32 Å². The number of hydrogen-bond donors (Lipinski definition) is 3. The number of nitrogen functional groups attached to an aromatic ring is 1. The molecule has 0 heterocycles. The molecule has 0 radical (unpaired) electrons. The smallest absolute Gasteiger partial charge is 0.131 e. The third-order valence-corrected chi connectivity index (χ3v) is 3.85. The quantitative estimate of drug-likeness (QED) is 0.237. The number of anilines is 1. The highest BCUT2D eigenvalue weighted by Crippen LogP contribution is 2.31. The van der Waals surface area contributed by atoms with Gasteiger partial charge in [0.1, 0.15) is 5.82 Å². The van der Waals surface area contributed by atoms with Crippen LogP contribution in [0.3, 0.4) is 0 Å². The number of nitrogens with one attached hydrogen (secondary N) is 1. The van der Waals surface area contributed by atoms with E-state index < -0.39 is 0 Å². The average molecular weight is 356 g/mol. The molecule has 5 heteroatoms. The predicted molar refractivity (Wildman–Crippen MR) is 112 cm³/mol. The molecule has 0 aromatic heterocycles. The lowest BCUT2D eigenvalue weighted by Crippen LogP contribution is -2.12. The molecule has 2 rings (SSSR count). The van der Waals surface area contributed by atoms with Crippen molar-refractivity contribution >= 4 is 18.0 Å². The van der Waals surface area contributed by atoms with Crippen LogP contribution in [0.25, 0.3) is 17.2 Å². The minimum Gasteiger partial charge on any atom is -0.398 e. The third kappa shape index (κ3) is 5.70. The van der Waals surface area contributed by atoms with Crippen LogP contribution < -0.4 is 16.9 Å². The Balaban J connectivity index is 0.000000487. The Labute approximate surface area is 155 Å². The highest BCUT2D eigenvalue weighted by molar-refractivity contribution is 5.92. The van der Waals surface area contributed by atoms with Crippen LogP contribution in [0.4, 0.5) is 10.1 Å². The van der Waals surface area contributed by atoms with Gasteiger partial charge in [-0.25, -0.2) is 4.39 Å². The summed E-state index contributed by atoms with van der Waals surface area (Å²) in [5, 5.41) is 6.71. The zero-order chi connectivity index (χ0) is 19.5. The zero-order valence-corrected chi connectivity index (χ0v) is 15.8. The maximum Gasteiger partial charge on any atom is 0.131 e. The molecular weight excluding hydrogens is 327 g/mol. The fraction of sp³-hybridized carbons (Fsp3) is 0.286. The maximum absolute atomic E-state index is 14.0. The SMILES string of the molecule is C=Cc1c(N)cc(-c2c(C)cccc2F)cc1/C=N\N.CCCNCC. The van der Waals surface area contributed by atoms with E-state index >= 15 is 0 Å². The lowest BCUT2D eigenvalue weighted by atomic mass is 9.95. The molecule has 0 saturated heterocycles. The molecule has 0 fully saturated rings. The summed E-state index contributed by atoms with van der Waals surface area (Å²) in [5.74, 6) is 4.92. The van der Waals surface area contributed by atoms with Crippen LogP contribution in [-0.2, 0) is 0 Å². The van der Waals surface area contributed by atoms with Crippen LogP contribution in [0.1, 0.15) is 37.0 Å². The summed E-state index contributed by atoms with van der Waals surface area (Å²) in [6.45, 7) is 12.1. The van der Waals surface area contributed by atoms with Crippen molar-refractivity contribution in [3.8, 4) is 11.1 Å². The number of aryl methyl sites for hydroxylation is 1. The number of nitrogens with two attached hydrogens (primary N) is 2. The molecule has 0 aliphatic heterocycles. The third-order valence-electron chi connectivity index (χ3n) is 3.85. The molecule has 0 spiro atoms. The van der Waals surface area contributed by atoms with Crippen LogP contribution in [0, 0.1) is 12.7 Å². The van der Waals surface area contributed by atoms with Gasteiger partial charge >= 0.3 is 0 Å². The Morgan fingerprint density at radius 1 is 1.27 bits per heavy atom. The number of hydrogen-bond acceptors (Lipinski definition) is 4. The highest BCUT2D eigenvalue weighted by atomic mass is 19.1. The normalized spacial score (nSPS) is 10.5. The largest absolute Gasteiger partial charge is 0.398 e. The van der Waals surface area contributed by atoms with Crippen molar-refractivity contribution in [3.05, 3.63) is 59.4 Å². The van der Waals surface area contributed by atoms with E-state index in [2.05, 4.69) is 30.8 Å². The van der Waals surface area contributed by atoms with E-state index in [1.165, 1.54) is 18.7 Å². The Morgan fingerprint density at radius 3 is 2.50 bits per heavy atom. The summed E-state index contributed by atoms with van der Waals surface area (Å²) < 4.78 is 14.0. The van der Waals surface area contributed by atoms with Crippen LogP contribution in [0.15, 0.2) is 42.0 Å². The topological polar surface area (TPSA) is 76.4 Å². The fourth-order valence-corrected chi connectivity index (χ4v) is 2.62. The van der Waals surface area contributed by atoms with E-state index in [9.17, 15) is 4.39 Å². The lowest BCUT2D eigenvalue weighted by Gasteiger charge is -2.12. The van der Waals surface area contributed by atoms with Gasteiger partial charge in [-0.05, 0) is 55.8 Å². The fourth-order valence-electron chi connectivity index (χ4n) is 2.62. The Morgan fingerprint density at radius 2 is 2.00 bits per heavy atom. The van der Waals surface area contributed by atoms with Gasteiger partial charge in [0.05, 0.1) is 6.21 Å². The molecule has 0 saturated carbocycles. The van der Waals surface area contributed by atoms with E-state index in [1.807, 2.05) is 13.0 Å². The monoisotopic (exact) mass is 356 g/mol. The first-order valence-corrected chi connectivity index (χ1v) is 8.75. The van der Waals surface area contributed by atoms with Crippen LogP contribution in [-0.4, -0.2) is 19.3 Å². The molecule has 0 aliphatic rings. The van der Waals surface area contributed by atoms with Crippen molar-refractivity contribution in [1.29, 1.82) is 0 Å². The maximum atomic E-state index is 14.0. The van der Waals surface area contributed by atoms with Crippen molar-refractivity contribution in [2.45, 2.75) is 27.2 Å². The Bertz CT molecular complexity index is 730. The van der Waals surface area contributed by atoms with Gasteiger partial charge in [-0.15, -0.1) is 0 Å². The second-order valence-electron chi connectivity index (χ2n) is 5.84. The summed E-state index contributed by atoms with van der Waals surface area (Å²) in [4.78, 5) is 0. The summed E-state index contributed by atoms with van der Waals surface area (Å²) in [6.07, 6.45) is 4.35. The highest BCUT2D eigenvalue weighted by Gasteiger charge is 2.12. The van der Waals surface area contributed by atoms with Gasteiger partial charge in [0, 0.05) is 22.4 Å². The van der Waals surface area contributed by atoms with E-state index in [0.717, 1.165) is 24.2 Å². The summed E-state index contributed by atoms with van der Waals surface area (Å²) in [7, 11) is 0. The average Bonchev–Trinajstić information content (AvgIpc) is 2.60. The molecule has 140 valence electrons. The first kappa shape index (κ1) is 21.4. The van der Waals surface area contributed by atoms with Gasteiger partial charge < -0.3 is 16.9 Å². The minimum absolute atomic E-state index is 0.286. The first-order chi connectivity index (χ1) is 12.5. The molecular formula is C21H29FN4. The van der Waals surface area contributed by atoms with Gasteiger partial charge in [0.25, 0.3) is 0 Å². The molecule has 2 aromatic rings. The second kappa shape index (κ2) is 11.1. The Hall–Kier alpha value is -2.66. The molecule has 0 aliphatic carbocycles. The molecule has 0 unspecified atom stereocenters. The number of hydrazone groups is 1. The van der Waals surface area contributed by atoms with Gasteiger partial charge in [0.15, 0.2) is 0 Å². The van der Waals surface area contributed by atoms with E-state index in [-0.39, 0.29) is 5.82 Å². The molecule has 0 atom stereocenters. The van der Waals surface area contributed by atoms with Crippen molar-refractivity contribution in [2.75, 3.05) is 18.8 Å². The van der Waals surface area contributed by atoms with Crippen LogP contribution in [0.5, 0.6) is 0 Å². The zero-order valence-electron chi connectivity index (χ0n) is 15.8. The Kier molecular flexibility index (Phi) is 9.09. The van der Waals surface area contributed by atoms with E-state index in [0.29, 0.717) is 22.4 Å². The second-order valence-corrected chi connectivity index (χ2v) is 5.84. The van der Waals surface area contributed by atoms with Gasteiger partial charge in [-0.1, -0.05) is 38.6 Å². The molecule has 4 nitrogen and oxygen atoms in total. The van der Waals surface area contributed by atoms with Crippen molar-refractivity contribution in [2.24, 2.45) is 10.9 Å². The summed E-state index contributed by atoms with van der Waals surface area (Å²) in [5.41, 5.74) is 10.0. The first-order valence-electron chi connectivity index (χ1n) is 8.75. The number of nitrogens with zero attached hydrogens (tertiary/aromatic N) is 1. The lowest BCUT2D eigenvalue weighted by molar-refractivity contribution is 0.630. The molecule has 0 amide bonds. The molecule has 0 bridgehead atoms. The summed E-state index contributed by atoms with van der Waals surface area (Å²) >= 11 is 0. The van der Waals surface area contributed by atoms with Gasteiger partial charge in [-0.3, -0.25) is 0 Å². The van der Waals surface area contributed by atoms with Crippen molar-refractivity contribution < 1.29 is 4.39 Å². The van der Waals surface area contributed by atoms with Gasteiger partial charge in [0.2, 0.25) is 0 Å². The molecule has 2 aromatic carbocycles. The minimum atomic E-state index is -0.286. The molecule has 26 heavy (non-hydrogen) atoms. The van der Waals surface area contributed by atoms with Crippen LogP contribution >= 0.6 is 0 Å². The van der Waals surface area contributed by atoms with Crippen molar-refractivity contribution in [3.63, 3.8) is 0 Å². The summed E-state index contributed by atoms with van der Waals surface area (Å²) in [6, 6.07) is 8.49. The predicted octanol–water partition coefficient (Wildman–Crippen LogP) is 4.32. The number of benzene rings is 2. The standard InChI is InChI=1S/C16H16FN3.C5H13N/c1-3-13-12(9-20-19)7-11(8-15(13)18)16-10(2)5-4-6-14(16)17;1-3-5-6-4-2/h3-9H,1,18-19H2,2H3;6H,3-5H2,1-2H3/b20-9-;. The number of halogens is 1.